The van der Waals surface area contributed by atoms with Crippen LogP contribution in [0.25, 0.3) is 6.08 Å². The van der Waals surface area contributed by atoms with Crippen LogP contribution in [-0.4, -0.2) is 64.8 Å². The van der Waals surface area contributed by atoms with Gasteiger partial charge in [-0.05, 0) is 56.2 Å². The molecule has 0 spiro atoms. The normalized spacial score (nSPS) is 19.3. The number of rotatable bonds is 6. The topological polar surface area (TPSA) is 71.8 Å². The Kier molecular flexibility index (Phi) is 7.18. The van der Waals surface area contributed by atoms with Gasteiger partial charge in [0.2, 0.25) is 5.91 Å². The Labute approximate surface area is 176 Å². The molecule has 0 aliphatic carbocycles. The number of likely N-dealkylation sites (tertiary alicyclic amines) is 1. The number of hydrogen-bond donors (Lipinski definition) is 0. The van der Waals surface area contributed by atoms with Crippen molar-refractivity contribution in [2.24, 2.45) is 0 Å². The summed E-state index contributed by atoms with van der Waals surface area (Å²) in [5.41, 5.74) is 3.00. The SMILES string of the molecule is COCCn1c(C)cc(C=C2SC(=O)N(CC(=O)N3CCCCCC3)C2=O)c1C. The number of imide groups is 1. The zero-order chi connectivity index (χ0) is 21.0. The van der Waals surface area contributed by atoms with Crippen LogP contribution in [0.1, 0.15) is 42.6 Å². The highest BCUT2D eigenvalue weighted by atomic mass is 32.2. The van der Waals surface area contributed by atoms with Gasteiger partial charge in [-0.3, -0.25) is 19.3 Å². The number of aryl methyl sites for hydroxylation is 1. The molecule has 2 aliphatic heterocycles. The van der Waals surface area contributed by atoms with Crippen LogP contribution >= 0.6 is 11.8 Å². The van der Waals surface area contributed by atoms with Crippen LogP contribution in [0.2, 0.25) is 0 Å². The molecule has 8 heteroatoms. The first-order valence-corrected chi connectivity index (χ1v) is 10.9. The summed E-state index contributed by atoms with van der Waals surface area (Å²) in [5.74, 6) is -0.530. The number of carbonyl (C=O) groups is 3. The molecular formula is C21H29N3O4S. The monoisotopic (exact) mass is 419 g/mol. The lowest BCUT2D eigenvalue weighted by Crippen LogP contribution is -2.42. The zero-order valence-corrected chi connectivity index (χ0v) is 18.2. The Hall–Kier alpha value is -2.06. The van der Waals surface area contributed by atoms with Crippen molar-refractivity contribution in [2.75, 3.05) is 33.4 Å². The van der Waals surface area contributed by atoms with E-state index in [9.17, 15) is 14.4 Å². The van der Waals surface area contributed by atoms with Crippen molar-refractivity contribution in [3.8, 4) is 0 Å². The van der Waals surface area contributed by atoms with Gasteiger partial charge in [-0.25, -0.2) is 0 Å². The maximum atomic E-state index is 12.8. The van der Waals surface area contributed by atoms with Crippen LogP contribution in [0.15, 0.2) is 11.0 Å². The Bertz CT molecular complexity index is 822. The smallest absolute Gasteiger partial charge is 0.294 e. The van der Waals surface area contributed by atoms with Crippen LogP contribution in [0, 0.1) is 13.8 Å². The molecule has 158 valence electrons. The fraction of sp³-hybridized carbons (Fsp3) is 0.571. The van der Waals surface area contributed by atoms with Crippen molar-refractivity contribution >= 4 is 34.9 Å². The van der Waals surface area contributed by atoms with Crippen molar-refractivity contribution in [3.63, 3.8) is 0 Å². The predicted molar refractivity (Wildman–Crippen MR) is 114 cm³/mol. The third kappa shape index (κ3) is 4.93. The third-order valence-corrected chi connectivity index (χ3v) is 6.45. The maximum absolute atomic E-state index is 12.8. The molecule has 2 fully saturated rings. The summed E-state index contributed by atoms with van der Waals surface area (Å²) < 4.78 is 7.28. The lowest BCUT2D eigenvalue weighted by atomic mass is 10.2. The highest BCUT2D eigenvalue weighted by Gasteiger charge is 2.37. The number of thioether (sulfide) groups is 1. The molecule has 0 unspecified atom stereocenters. The average Bonchev–Trinajstić information content (AvgIpc) is 2.98. The summed E-state index contributed by atoms with van der Waals surface area (Å²) in [5, 5.41) is -0.377. The summed E-state index contributed by atoms with van der Waals surface area (Å²) in [6, 6.07) is 2.00. The van der Waals surface area contributed by atoms with Crippen LogP contribution in [0.5, 0.6) is 0 Å². The molecule has 29 heavy (non-hydrogen) atoms. The standard InChI is InChI=1S/C21H29N3O4S/c1-15-12-17(16(2)23(15)10-11-28-3)13-18-20(26)24(21(27)29-18)14-19(25)22-8-6-4-5-7-9-22/h12-13H,4-11,14H2,1-3H3. The molecule has 1 aromatic heterocycles. The average molecular weight is 420 g/mol. The summed E-state index contributed by atoms with van der Waals surface area (Å²) >= 11 is 0.905. The highest BCUT2D eigenvalue weighted by Crippen LogP contribution is 2.33. The van der Waals surface area contributed by atoms with Gasteiger partial charge in [0, 0.05) is 38.1 Å². The van der Waals surface area contributed by atoms with Crippen LogP contribution in [0.3, 0.4) is 0 Å². The molecule has 0 bridgehead atoms. The van der Waals surface area contributed by atoms with Crippen LogP contribution in [0.4, 0.5) is 4.79 Å². The number of carbonyl (C=O) groups excluding carboxylic acids is 3. The molecular weight excluding hydrogens is 390 g/mol. The number of methoxy groups -OCH3 is 1. The Morgan fingerprint density at radius 3 is 2.52 bits per heavy atom. The summed E-state index contributed by atoms with van der Waals surface area (Å²) in [6.07, 6.45) is 5.96. The summed E-state index contributed by atoms with van der Waals surface area (Å²) in [4.78, 5) is 41.0. The molecule has 3 rings (SSSR count). The number of ether oxygens (including phenoxy) is 1. The molecule has 3 amide bonds. The lowest BCUT2D eigenvalue weighted by molar-refractivity contribution is -0.135. The second-order valence-electron chi connectivity index (χ2n) is 7.53. The van der Waals surface area contributed by atoms with E-state index < -0.39 is 0 Å². The Morgan fingerprint density at radius 2 is 1.86 bits per heavy atom. The van der Waals surface area contributed by atoms with Crippen molar-refractivity contribution in [1.29, 1.82) is 0 Å². The molecule has 0 radical (unpaired) electrons. The molecule has 2 saturated heterocycles. The quantitative estimate of drug-likeness (QED) is 0.662. The predicted octanol–water partition coefficient (Wildman–Crippen LogP) is 3.19. The van der Waals surface area contributed by atoms with Crippen molar-refractivity contribution in [2.45, 2.75) is 46.1 Å². The van der Waals surface area contributed by atoms with Gasteiger partial charge < -0.3 is 14.2 Å². The van der Waals surface area contributed by atoms with Gasteiger partial charge in [-0.15, -0.1) is 0 Å². The number of hydrogen-bond acceptors (Lipinski definition) is 5. The number of amides is 3. The minimum atomic E-state index is -0.384. The van der Waals surface area contributed by atoms with E-state index in [1.54, 1.807) is 18.1 Å². The third-order valence-electron chi connectivity index (χ3n) is 5.54. The van der Waals surface area contributed by atoms with Gasteiger partial charge in [0.1, 0.15) is 6.54 Å². The molecule has 0 N–H and O–H groups in total. The van der Waals surface area contributed by atoms with Gasteiger partial charge in [-0.1, -0.05) is 12.8 Å². The van der Waals surface area contributed by atoms with E-state index in [-0.39, 0.29) is 23.6 Å². The van der Waals surface area contributed by atoms with Crippen LogP contribution in [-0.2, 0) is 20.9 Å². The second kappa shape index (κ2) is 9.63. The van der Waals surface area contributed by atoms with E-state index in [2.05, 4.69) is 4.57 Å². The molecule has 7 nitrogen and oxygen atoms in total. The number of aromatic nitrogens is 1. The van der Waals surface area contributed by atoms with Crippen molar-refractivity contribution in [1.82, 2.24) is 14.4 Å². The van der Waals surface area contributed by atoms with Gasteiger partial charge >= 0.3 is 0 Å². The molecule has 0 aromatic carbocycles. The molecule has 0 atom stereocenters. The van der Waals surface area contributed by atoms with E-state index in [0.717, 1.165) is 65.8 Å². The van der Waals surface area contributed by atoms with E-state index in [1.165, 1.54) is 0 Å². The van der Waals surface area contributed by atoms with Gasteiger partial charge in [0.25, 0.3) is 11.1 Å². The summed E-state index contributed by atoms with van der Waals surface area (Å²) in [6.45, 7) is 6.57. The fourth-order valence-corrected chi connectivity index (χ4v) is 4.66. The molecule has 3 heterocycles. The molecule has 2 aliphatic rings. The minimum absolute atomic E-state index is 0.145. The van der Waals surface area contributed by atoms with Crippen molar-refractivity contribution < 1.29 is 19.1 Å². The Morgan fingerprint density at radius 1 is 1.17 bits per heavy atom. The molecule has 1 aromatic rings. The van der Waals surface area contributed by atoms with E-state index in [1.807, 2.05) is 19.9 Å². The van der Waals surface area contributed by atoms with E-state index >= 15 is 0 Å². The first-order valence-electron chi connectivity index (χ1n) is 10.1. The Balaban J connectivity index is 1.72. The van der Waals surface area contributed by atoms with Gasteiger partial charge in [0.05, 0.1) is 11.5 Å². The first kappa shape index (κ1) is 21.6. The largest absolute Gasteiger partial charge is 0.383 e. The lowest BCUT2D eigenvalue weighted by Gasteiger charge is -2.22. The number of nitrogens with zero attached hydrogens (tertiary/aromatic N) is 3. The second-order valence-corrected chi connectivity index (χ2v) is 8.53. The van der Waals surface area contributed by atoms with Crippen molar-refractivity contribution in [3.05, 3.63) is 27.9 Å². The fourth-order valence-electron chi connectivity index (χ4n) is 3.83. The summed E-state index contributed by atoms with van der Waals surface area (Å²) in [7, 11) is 1.66. The van der Waals surface area contributed by atoms with E-state index in [4.69, 9.17) is 4.74 Å². The van der Waals surface area contributed by atoms with Crippen LogP contribution < -0.4 is 0 Å². The zero-order valence-electron chi connectivity index (χ0n) is 17.4. The van der Waals surface area contributed by atoms with Gasteiger partial charge in [-0.2, -0.15) is 0 Å². The minimum Gasteiger partial charge on any atom is -0.383 e. The first-order chi connectivity index (χ1) is 13.9. The molecule has 0 saturated carbocycles. The van der Waals surface area contributed by atoms with E-state index in [0.29, 0.717) is 24.6 Å². The highest BCUT2D eigenvalue weighted by molar-refractivity contribution is 8.18. The maximum Gasteiger partial charge on any atom is 0.294 e. The van der Waals surface area contributed by atoms with Gasteiger partial charge in [0.15, 0.2) is 0 Å².